The van der Waals surface area contributed by atoms with Gasteiger partial charge in [0.05, 0.1) is 16.8 Å². The first-order valence-corrected chi connectivity index (χ1v) is 12.1. The first-order chi connectivity index (χ1) is 17.3. The van der Waals surface area contributed by atoms with Gasteiger partial charge in [-0.3, -0.25) is 14.7 Å². The van der Waals surface area contributed by atoms with Crippen molar-refractivity contribution in [3.8, 4) is 11.5 Å². The van der Waals surface area contributed by atoms with E-state index in [1.807, 2.05) is 42.5 Å². The molecule has 1 fully saturated rings. The Kier molecular flexibility index (Phi) is 7.07. The fraction of sp³-hybridized carbons (Fsp3) is 0.241. The Bertz CT molecular complexity index is 1360. The molecule has 0 radical (unpaired) electrons. The second-order valence-corrected chi connectivity index (χ2v) is 8.98. The van der Waals surface area contributed by atoms with Gasteiger partial charge in [-0.25, -0.2) is 0 Å². The number of pyridine rings is 1. The fourth-order valence-corrected chi connectivity index (χ4v) is 4.94. The van der Waals surface area contributed by atoms with Crippen LogP contribution in [0.4, 0.5) is 5.69 Å². The van der Waals surface area contributed by atoms with Crippen LogP contribution in [0.1, 0.15) is 21.5 Å². The molecule has 6 nitrogen and oxygen atoms in total. The molecule has 3 heterocycles. The molecule has 0 N–H and O–H groups in total. The third kappa shape index (κ3) is 4.74. The monoisotopic (exact) mass is 501 g/mol. The van der Waals surface area contributed by atoms with Crippen LogP contribution in [0.5, 0.6) is 11.5 Å². The van der Waals surface area contributed by atoms with E-state index in [4.69, 9.17) is 9.47 Å². The van der Waals surface area contributed by atoms with Crippen molar-refractivity contribution in [1.82, 2.24) is 9.88 Å². The second kappa shape index (κ2) is 10.6. The molecular formula is C29H28ClN3O3. The van der Waals surface area contributed by atoms with Gasteiger partial charge in [-0.15, -0.1) is 12.4 Å². The molecule has 1 aromatic heterocycles. The van der Waals surface area contributed by atoms with Gasteiger partial charge in [0.15, 0.2) is 17.3 Å². The molecule has 4 aromatic rings. The lowest BCUT2D eigenvalue weighted by atomic mass is 9.99. The minimum Gasteiger partial charge on any atom is -0.486 e. The SMILES string of the molecule is Cl.O=C(c1ccccc1)c1cnc2cc3c(cc2c1N1CCN(Cc2ccccc2)CC1)OCCO3. The Morgan fingerprint density at radius 1 is 0.833 bits per heavy atom. The molecule has 2 aliphatic rings. The molecule has 0 saturated carbocycles. The van der Waals surface area contributed by atoms with Crippen LogP contribution in [0.25, 0.3) is 10.9 Å². The Morgan fingerprint density at radius 3 is 2.17 bits per heavy atom. The van der Waals surface area contributed by atoms with Crippen LogP contribution < -0.4 is 14.4 Å². The lowest BCUT2D eigenvalue weighted by molar-refractivity contribution is 0.103. The number of ketones is 1. The van der Waals surface area contributed by atoms with Crippen LogP contribution in [-0.4, -0.2) is 55.1 Å². The summed E-state index contributed by atoms with van der Waals surface area (Å²) in [6.07, 6.45) is 1.72. The zero-order chi connectivity index (χ0) is 23.6. The summed E-state index contributed by atoms with van der Waals surface area (Å²) < 4.78 is 11.7. The van der Waals surface area contributed by atoms with Crippen LogP contribution in [0.15, 0.2) is 79.0 Å². The van der Waals surface area contributed by atoms with E-state index in [1.54, 1.807) is 6.20 Å². The molecule has 36 heavy (non-hydrogen) atoms. The van der Waals surface area contributed by atoms with E-state index in [0.717, 1.165) is 49.3 Å². The van der Waals surface area contributed by atoms with E-state index in [1.165, 1.54) is 5.56 Å². The van der Waals surface area contributed by atoms with Crippen molar-refractivity contribution in [3.05, 3.63) is 95.7 Å². The Labute approximate surface area is 216 Å². The molecule has 0 spiro atoms. The average molecular weight is 502 g/mol. The van der Waals surface area contributed by atoms with Crippen LogP contribution in [-0.2, 0) is 6.54 Å². The number of hydrogen-bond donors (Lipinski definition) is 0. The lowest BCUT2D eigenvalue weighted by Crippen LogP contribution is -2.46. The van der Waals surface area contributed by atoms with Crippen LogP contribution in [0.3, 0.4) is 0 Å². The summed E-state index contributed by atoms with van der Waals surface area (Å²) in [4.78, 5) is 23.1. The fourth-order valence-electron chi connectivity index (χ4n) is 4.94. The number of nitrogens with zero attached hydrogens (tertiary/aromatic N) is 3. The molecule has 6 rings (SSSR count). The summed E-state index contributed by atoms with van der Waals surface area (Å²) in [5, 5.41) is 0.924. The maximum Gasteiger partial charge on any atom is 0.196 e. The summed E-state index contributed by atoms with van der Waals surface area (Å²) in [7, 11) is 0. The highest BCUT2D eigenvalue weighted by atomic mass is 35.5. The predicted octanol–water partition coefficient (Wildman–Crippen LogP) is 4.98. The summed E-state index contributed by atoms with van der Waals surface area (Å²) in [6, 6.07) is 23.9. The number of aromatic nitrogens is 1. The Hall–Kier alpha value is -3.61. The van der Waals surface area contributed by atoms with E-state index in [-0.39, 0.29) is 18.2 Å². The number of carbonyl (C=O) groups excluding carboxylic acids is 1. The van der Waals surface area contributed by atoms with Crippen molar-refractivity contribution in [3.63, 3.8) is 0 Å². The third-order valence-electron chi connectivity index (χ3n) is 6.72. The van der Waals surface area contributed by atoms with Gasteiger partial charge in [-0.1, -0.05) is 60.7 Å². The smallest absolute Gasteiger partial charge is 0.196 e. The highest BCUT2D eigenvalue weighted by molar-refractivity contribution is 6.16. The summed E-state index contributed by atoms with van der Waals surface area (Å²) in [6.45, 7) is 5.47. The number of rotatable bonds is 5. The van der Waals surface area contributed by atoms with Crippen LogP contribution in [0.2, 0.25) is 0 Å². The van der Waals surface area contributed by atoms with Gasteiger partial charge in [0.25, 0.3) is 0 Å². The van der Waals surface area contributed by atoms with Gasteiger partial charge in [0, 0.05) is 55.9 Å². The maximum atomic E-state index is 13.6. The molecule has 0 atom stereocenters. The third-order valence-corrected chi connectivity index (χ3v) is 6.72. The van der Waals surface area contributed by atoms with Crippen molar-refractivity contribution in [2.24, 2.45) is 0 Å². The van der Waals surface area contributed by atoms with Gasteiger partial charge in [0.1, 0.15) is 13.2 Å². The van der Waals surface area contributed by atoms with Crippen molar-refractivity contribution < 1.29 is 14.3 Å². The van der Waals surface area contributed by atoms with Crippen molar-refractivity contribution in [2.75, 3.05) is 44.3 Å². The van der Waals surface area contributed by atoms with Gasteiger partial charge >= 0.3 is 0 Å². The number of carbonyl (C=O) groups is 1. The van der Waals surface area contributed by atoms with Crippen LogP contribution >= 0.6 is 12.4 Å². The lowest BCUT2D eigenvalue weighted by Gasteiger charge is -2.37. The van der Waals surface area contributed by atoms with E-state index in [0.29, 0.717) is 35.8 Å². The maximum absolute atomic E-state index is 13.6. The summed E-state index contributed by atoms with van der Waals surface area (Å²) >= 11 is 0. The molecular weight excluding hydrogens is 474 g/mol. The Balaban J connectivity index is 0.00000267. The topological polar surface area (TPSA) is 54.9 Å². The highest BCUT2D eigenvalue weighted by Gasteiger charge is 2.26. The molecule has 0 bridgehead atoms. The number of benzene rings is 3. The average Bonchev–Trinajstić information content (AvgIpc) is 2.92. The van der Waals surface area contributed by atoms with Gasteiger partial charge in [-0.2, -0.15) is 0 Å². The predicted molar refractivity (Wildman–Crippen MR) is 144 cm³/mol. The summed E-state index contributed by atoms with van der Waals surface area (Å²) in [5.41, 5.74) is 4.34. The molecule has 1 saturated heterocycles. The van der Waals surface area contributed by atoms with Gasteiger partial charge < -0.3 is 14.4 Å². The van der Waals surface area contributed by atoms with Gasteiger partial charge in [-0.05, 0) is 11.6 Å². The zero-order valence-electron chi connectivity index (χ0n) is 19.9. The molecule has 0 aliphatic carbocycles. The normalized spacial score (nSPS) is 15.4. The highest BCUT2D eigenvalue weighted by Crippen LogP contribution is 2.39. The second-order valence-electron chi connectivity index (χ2n) is 8.98. The van der Waals surface area contributed by atoms with Crippen molar-refractivity contribution in [1.29, 1.82) is 0 Å². The quantitative estimate of drug-likeness (QED) is 0.359. The number of halogens is 1. The minimum atomic E-state index is -0.0170. The van der Waals surface area contributed by atoms with E-state index < -0.39 is 0 Å². The number of hydrogen-bond acceptors (Lipinski definition) is 6. The summed E-state index contributed by atoms with van der Waals surface area (Å²) in [5.74, 6) is 1.40. The van der Waals surface area contributed by atoms with E-state index >= 15 is 0 Å². The van der Waals surface area contributed by atoms with Gasteiger partial charge in [0.2, 0.25) is 0 Å². The first kappa shape index (κ1) is 24.1. The molecule has 184 valence electrons. The Morgan fingerprint density at radius 2 is 1.47 bits per heavy atom. The van der Waals surface area contributed by atoms with E-state index in [2.05, 4.69) is 45.1 Å². The van der Waals surface area contributed by atoms with Crippen LogP contribution in [0, 0.1) is 0 Å². The zero-order valence-corrected chi connectivity index (χ0v) is 20.7. The molecule has 0 unspecified atom stereocenters. The van der Waals surface area contributed by atoms with Crippen molar-refractivity contribution in [2.45, 2.75) is 6.54 Å². The number of piperazine rings is 1. The first-order valence-electron chi connectivity index (χ1n) is 12.1. The molecule has 3 aromatic carbocycles. The van der Waals surface area contributed by atoms with Crippen molar-refractivity contribution >= 4 is 34.8 Å². The standard InChI is InChI=1S/C29H27N3O3.ClH/c33-29(22-9-5-2-6-10-22)24-19-30-25-18-27-26(34-15-16-35-27)17-23(25)28(24)32-13-11-31(12-14-32)20-21-7-3-1-4-8-21;/h1-10,17-19H,11-16,20H2;1H. The minimum absolute atomic E-state index is 0. The number of anilines is 1. The van der Waals surface area contributed by atoms with E-state index in [9.17, 15) is 4.79 Å². The number of fused-ring (bicyclic) bond motifs is 2. The molecule has 0 amide bonds. The largest absolute Gasteiger partial charge is 0.486 e. The molecule has 2 aliphatic heterocycles. The molecule has 7 heteroatoms. The number of ether oxygens (including phenoxy) is 2.